The van der Waals surface area contributed by atoms with Gasteiger partial charge in [0.1, 0.15) is 0 Å². The van der Waals surface area contributed by atoms with Gasteiger partial charge in [-0.15, -0.1) is 11.3 Å². The van der Waals surface area contributed by atoms with Gasteiger partial charge in [0.25, 0.3) is 0 Å². The summed E-state index contributed by atoms with van der Waals surface area (Å²) >= 11 is 1.85. The van der Waals surface area contributed by atoms with Crippen molar-refractivity contribution in [3.8, 4) is 0 Å². The summed E-state index contributed by atoms with van der Waals surface area (Å²) in [6.07, 6.45) is 0. The molecule has 2 heteroatoms. The fraction of sp³-hybridized carbons (Fsp3) is 0.500. The highest BCUT2D eigenvalue weighted by Crippen LogP contribution is 2.31. The van der Waals surface area contributed by atoms with E-state index in [0.717, 1.165) is 5.92 Å². The third-order valence-corrected chi connectivity index (χ3v) is 3.03. The molecule has 10 heavy (non-hydrogen) atoms. The van der Waals surface area contributed by atoms with Gasteiger partial charge in [0, 0.05) is 17.5 Å². The molecule has 1 aliphatic heterocycles. The Kier molecular flexibility index (Phi) is 1.51. The van der Waals surface area contributed by atoms with Crippen LogP contribution in [0, 0.1) is 5.92 Å². The van der Waals surface area contributed by atoms with E-state index in [1.54, 1.807) is 0 Å². The molecule has 1 saturated heterocycles. The van der Waals surface area contributed by atoms with Crippen LogP contribution in [0.5, 0.6) is 0 Å². The number of thiophene rings is 1. The van der Waals surface area contributed by atoms with Crippen LogP contribution in [0.1, 0.15) is 17.8 Å². The van der Waals surface area contributed by atoms with Crippen molar-refractivity contribution in [1.29, 1.82) is 0 Å². The molecule has 0 amide bonds. The second-order valence-electron chi connectivity index (χ2n) is 2.88. The molecule has 0 aromatic carbocycles. The van der Waals surface area contributed by atoms with Crippen molar-refractivity contribution in [3.63, 3.8) is 0 Å². The molecule has 2 heterocycles. The molecular weight excluding hydrogens is 142 g/mol. The summed E-state index contributed by atoms with van der Waals surface area (Å²) in [6, 6.07) is 4.98. The summed E-state index contributed by atoms with van der Waals surface area (Å²) in [5.74, 6) is 0.832. The van der Waals surface area contributed by atoms with Gasteiger partial charge in [-0.3, -0.25) is 0 Å². The number of rotatable bonds is 1. The summed E-state index contributed by atoms with van der Waals surface area (Å²) in [5, 5.41) is 5.55. The molecule has 2 rings (SSSR count). The van der Waals surface area contributed by atoms with Gasteiger partial charge < -0.3 is 5.32 Å². The smallest absolute Gasteiger partial charge is 0.0453 e. The third-order valence-electron chi connectivity index (χ3n) is 2.08. The molecule has 2 unspecified atom stereocenters. The minimum atomic E-state index is 0.653. The Morgan fingerprint density at radius 2 is 2.60 bits per heavy atom. The largest absolute Gasteiger partial charge is 0.309 e. The molecule has 0 radical (unpaired) electrons. The Morgan fingerprint density at radius 1 is 1.70 bits per heavy atom. The maximum atomic E-state index is 3.41. The Hall–Kier alpha value is -0.340. The lowest BCUT2D eigenvalue weighted by atomic mass is 9.93. The molecule has 1 fully saturated rings. The SMILES string of the molecule is CC1CNC1c1cccs1. The Labute approximate surface area is 65.1 Å². The first-order valence-electron chi connectivity index (χ1n) is 3.65. The van der Waals surface area contributed by atoms with E-state index in [1.165, 1.54) is 11.4 Å². The van der Waals surface area contributed by atoms with E-state index >= 15 is 0 Å². The van der Waals surface area contributed by atoms with Crippen molar-refractivity contribution in [2.75, 3.05) is 6.54 Å². The Morgan fingerprint density at radius 3 is 3.00 bits per heavy atom. The van der Waals surface area contributed by atoms with Crippen molar-refractivity contribution in [3.05, 3.63) is 22.4 Å². The van der Waals surface area contributed by atoms with Gasteiger partial charge in [0.2, 0.25) is 0 Å². The maximum absolute atomic E-state index is 3.41. The minimum absolute atomic E-state index is 0.653. The van der Waals surface area contributed by atoms with Gasteiger partial charge in [-0.2, -0.15) is 0 Å². The van der Waals surface area contributed by atoms with Crippen LogP contribution in [0.15, 0.2) is 17.5 Å². The van der Waals surface area contributed by atoms with Crippen LogP contribution in [0.25, 0.3) is 0 Å². The number of hydrogen-bond acceptors (Lipinski definition) is 2. The topological polar surface area (TPSA) is 12.0 Å². The fourth-order valence-corrected chi connectivity index (χ4v) is 2.25. The lowest BCUT2D eigenvalue weighted by Gasteiger charge is -2.34. The molecule has 1 nitrogen and oxygen atoms in total. The first kappa shape index (κ1) is 6.38. The van der Waals surface area contributed by atoms with Gasteiger partial charge in [0.05, 0.1) is 0 Å². The standard InChI is InChI=1S/C8H11NS/c1-6-5-9-8(6)7-3-2-4-10-7/h2-4,6,8-9H,5H2,1H3. The van der Waals surface area contributed by atoms with Crippen LogP contribution in [0.4, 0.5) is 0 Å². The summed E-state index contributed by atoms with van der Waals surface area (Å²) < 4.78 is 0. The van der Waals surface area contributed by atoms with Gasteiger partial charge >= 0.3 is 0 Å². The molecule has 1 aromatic heterocycles. The number of hydrogen-bond donors (Lipinski definition) is 1. The van der Waals surface area contributed by atoms with Crippen molar-refractivity contribution in [2.24, 2.45) is 5.92 Å². The van der Waals surface area contributed by atoms with Crippen LogP contribution in [-0.4, -0.2) is 6.54 Å². The monoisotopic (exact) mass is 153 g/mol. The van der Waals surface area contributed by atoms with E-state index in [4.69, 9.17) is 0 Å². The highest BCUT2D eigenvalue weighted by Gasteiger charge is 2.27. The molecule has 0 spiro atoms. The molecule has 1 N–H and O–H groups in total. The lowest BCUT2D eigenvalue weighted by molar-refractivity contribution is 0.262. The van der Waals surface area contributed by atoms with Gasteiger partial charge in [-0.1, -0.05) is 13.0 Å². The van der Waals surface area contributed by atoms with E-state index < -0.39 is 0 Å². The zero-order chi connectivity index (χ0) is 6.97. The molecule has 0 bridgehead atoms. The van der Waals surface area contributed by atoms with E-state index in [0.29, 0.717) is 6.04 Å². The second kappa shape index (κ2) is 2.36. The summed E-state index contributed by atoms with van der Waals surface area (Å²) in [6.45, 7) is 3.48. The predicted molar refractivity (Wildman–Crippen MR) is 44.2 cm³/mol. The van der Waals surface area contributed by atoms with Gasteiger partial charge in [0.15, 0.2) is 0 Å². The van der Waals surface area contributed by atoms with Crippen molar-refractivity contribution >= 4 is 11.3 Å². The van der Waals surface area contributed by atoms with Crippen molar-refractivity contribution < 1.29 is 0 Å². The lowest BCUT2D eigenvalue weighted by Crippen LogP contribution is -2.43. The maximum Gasteiger partial charge on any atom is 0.0453 e. The van der Waals surface area contributed by atoms with E-state index in [-0.39, 0.29) is 0 Å². The minimum Gasteiger partial charge on any atom is -0.309 e. The van der Waals surface area contributed by atoms with Crippen LogP contribution in [0.2, 0.25) is 0 Å². The van der Waals surface area contributed by atoms with Gasteiger partial charge in [-0.25, -0.2) is 0 Å². The predicted octanol–water partition coefficient (Wildman–Crippen LogP) is 2.03. The first-order chi connectivity index (χ1) is 4.88. The summed E-state index contributed by atoms with van der Waals surface area (Å²) in [7, 11) is 0. The fourth-order valence-electron chi connectivity index (χ4n) is 1.32. The van der Waals surface area contributed by atoms with E-state index in [9.17, 15) is 0 Å². The average Bonchev–Trinajstić information content (AvgIpc) is 2.37. The zero-order valence-corrected chi connectivity index (χ0v) is 6.82. The van der Waals surface area contributed by atoms with Crippen molar-refractivity contribution in [1.82, 2.24) is 5.32 Å². The average molecular weight is 153 g/mol. The molecule has 1 aromatic rings. The summed E-state index contributed by atoms with van der Waals surface area (Å²) in [5.41, 5.74) is 0. The quantitative estimate of drug-likeness (QED) is 0.651. The summed E-state index contributed by atoms with van der Waals surface area (Å²) in [4.78, 5) is 1.48. The van der Waals surface area contributed by atoms with Crippen LogP contribution < -0.4 is 5.32 Å². The zero-order valence-electron chi connectivity index (χ0n) is 6.00. The molecular formula is C8H11NS. The van der Waals surface area contributed by atoms with Crippen LogP contribution in [0.3, 0.4) is 0 Å². The van der Waals surface area contributed by atoms with E-state index in [2.05, 4.69) is 29.8 Å². The second-order valence-corrected chi connectivity index (χ2v) is 3.86. The first-order valence-corrected chi connectivity index (χ1v) is 4.52. The van der Waals surface area contributed by atoms with Crippen LogP contribution in [-0.2, 0) is 0 Å². The van der Waals surface area contributed by atoms with Crippen LogP contribution >= 0.6 is 11.3 Å². The molecule has 0 saturated carbocycles. The van der Waals surface area contributed by atoms with Gasteiger partial charge in [-0.05, 0) is 17.4 Å². The van der Waals surface area contributed by atoms with Crippen molar-refractivity contribution in [2.45, 2.75) is 13.0 Å². The number of nitrogens with one attached hydrogen (secondary N) is 1. The Bertz CT molecular complexity index is 205. The Balaban J connectivity index is 2.14. The molecule has 0 aliphatic carbocycles. The highest BCUT2D eigenvalue weighted by molar-refractivity contribution is 7.10. The molecule has 54 valence electrons. The third kappa shape index (κ3) is 0.879. The van der Waals surface area contributed by atoms with E-state index in [1.807, 2.05) is 11.3 Å². The molecule has 1 aliphatic rings. The molecule has 2 atom stereocenters. The normalized spacial score (nSPS) is 31.7. The highest BCUT2D eigenvalue weighted by atomic mass is 32.1.